The standard InChI is InChI=1S/C26H29N3O2/c1-27(26(21-10-4-2-5-11-21)22-12-6-3-7-13-22)25(31)20-28-16-18-29(19-17-28)23-14-8-9-15-24(23)30/h2-15,26,30H,16-20H2,1H3. The molecule has 1 N–H and O–H groups in total. The first-order valence-corrected chi connectivity index (χ1v) is 10.7. The molecule has 5 nitrogen and oxygen atoms in total. The number of piperazine rings is 1. The molecular formula is C26H29N3O2. The summed E-state index contributed by atoms with van der Waals surface area (Å²) in [6.45, 7) is 3.54. The van der Waals surface area contributed by atoms with E-state index in [9.17, 15) is 9.90 Å². The van der Waals surface area contributed by atoms with Crippen LogP contribution in [-0.2, 0) is 4.79 Å². The lowest BCUT2D eigenvalue weighted by molar-refractivity contribution is -0.132. The Bertz CT molecular complexity index is 946. The predicted molar refractivity (Wildman–Crippen MR) is 124 cm³/mol. The summed E-state index contributed by atoms with van der Waals surface area (Å²) in [5, 5.41) is 10.1. The third-order valence-electron chi connectivity index (χ3n) is 5.96. The van der Waals surface area contributed by atoms with Gasteiger partial charge in [0.05, 0.1) is 18.3 Å². The molecule has 0 unspecified atom stereocenters. The molecule has 1 fully saturated rings. The lowest BCUT2D eigenvalue weighted by atomic mass is 9.97. The zero-order valence-corrected chi connectivity index (χ0v) is 17.9. The van der Waals surface area contributed by atoms with Crippen molar-refractivity contribution in [2.45, 2.75) is 6.04 Å². The van der Waals surface area contributed by atoms with Crippen LogP contribution in [-0.4, -0.2) is 60.6 Å². The van der Waals surface area contributed by atoms with E-state index in [1.54, 1.807) is 6.07 Å². The summed E-state index contributed by atoms with van der Waals surface area (Å²) in [5.41, 5.74) is 3.07. The highest BCUT2D eigenvalue weighted by molar-refractivity contribution is 5.79. The molecule has 0 spiro atoms. The predicted octanol–water partition coefficient (Wildman–Crippen LogP) is 3.76. The van der Waals surface area contributed by atoms with Gasteiger partial charge in [0.25, 0.3) is 0 Å². The first-order chi connectivity index (χ1) is 15.1. The molecule has 0 bridgehead atoms. The molecule has 1 aliphatic rings. The third kappa shape index (κ3) is 4.89. The monoisotopic (exact) mass is 415 g/mol. The zero-order valence-electron chi connectivity index (χ0n) is 17.9. The molecule has 1 amide bonds. The van der Waals surface area contributed by atoms with Crippen molar-refractivity contribution in [3.63, 3.8) is 0 Å². The molecule has 0 atom stereocenters. The molecule has 160 valence electrons. The van der Waals surface area contributed by atoms with E-state index < -0.39 is 0 Å². The summed E-state index contributed by atoms with van der Waals surface area (Å²) in [6.07, 6.45) is 0. The van der Waals surface area contributed by atoms with Crippen LogP contribution < -0.4 is 4.90 Å². The van der Waals surface area contributed by atoms with E-state index in [4.69, 9.17) is 0 Å². The number of likely N-dealkylation sites (N-methyl/N-ethyl adjacent to an activating group) is 1. The number of amides is 1. The molecule has 0 aliphatic carbocycles. The summed E-state index contributed by atoms with van der Waals surface area (Å²) in [5.74, 6) is 0.411. The van der Waals surface area contributed by atoms with Gasteiger partial charge in [0.2, 0.25) is 5.91 Å². The highest BCUT2D eigenvalue weighted by Crippen LogP contribution is 2.29. The van der Waals surface area contributed by atoms with E-state index in [-0.39, 0.29) is 11.9 Å². The molecule has 31 heavy (non-hydrogen) atoms. The van der Waals surface area contributed by atoms with Gasteiger partial charge in [-0.2, -0.15) is 0 Å². The van der Waals surface area contributed by atoms with E-state index in [2.05, 4.69) is 34.1 Å². The smallest absolute Gasteiger partial charge is 0.237 e. The van der Waals surface area contributed by atoms with Crippen LogP contribution in [0.3, 0.4) is 0 Å². The van der Waals surface area contributed by atoms with E-state index >= 15 is 0 Å². The van der Waals surface area contributed by atoms with Gasteiger partial charge < -0.3 is 14.9 Å². The van der Waals surface area contributed by atoms with Gasteiger partial charge in [-0.1, -0.05) is 72.8 Å². The molecule has 1 aliphatic heterocycles. The van der Waals surface area contributed by atoms with Gasteiger partial charge in [0.15, 0.2) is 0 Å². The minimum atomic E-state index is -0.113. The molecule has 0 radical (unpaired) electrons. The molecule has 1 heterocycles. The van der Waals surface area contributed by atoms with Gasteiger partial charge in [-0.05, 0) is 23.3 Å². The Balaban J connectivity index is 1.42. The number of para-hydroxylation sites is 2. The number of phenols is 1. The molecule has 0 aromatic heterocycles. The maximum Gasteiger partial charge on any atom is 0.237 e. The molecule has 3 aromatic rings. The second-order valence-electron chi connectivity index (χ2n) is 7.98. The number of nitrogens with zero attached hydrogens (tertiary/aromatic N) is 3. The van der Waals surface area contributed by atoms with Gasteiger partial charge in [-0.15, -0.1) is 0 Å². The summed E-state index contributed by atoms with van der Waals surface area (Å²) >= 11 is 0. The summed E-state index contributed by atoms with van der Waals surface area (Å²) in [4.78, 5) is 19.5. The second-order valence-corrected chi connectivity index (χ2v) is 7.98. The molecule has 1 saturated heterocycles. The Labute approximate surface area is 184 Å². The Kier molecular flexibility index (Phi) is 6.53. The lowest BCUT2D eigenvalue weighted by Crippen LogP contribution is -2.50. The minimum Gasteiger partial charge on any atom is -0.506 e. The fourth-order valence-corrected chi connectivity index (χ4v) is 4.24. The van der Waals surface area contributed by atoms with Crippen molar-refractivity contribution < 1.29 is 9.90 Å². The average Bonchev–Trinajstić information content (AvgIpc) is 2.81. The van der Waals surface area contributed by atoms with E-state index in [0.29, 0.717) is 12.3 Å². The van der Waals surface area contributed by atoms with Gasteiger partial charge in [0, 0.05) is 33.2 Å². The number of hydrogen-bond acceptors (Lipinski definition) is 4. The van der Waals surface area contributed by atoms with Crippen LogP contribution in [0.2, 0.25) is 0 Å². The second kappa shape index (κ2) is 9.67. The van der Waals surface area contributed by atoms with Crippen molar-refractivity contribution in [2.24, 2.45) is 0 Å². The zero-order chi connectivity index (χ0) is 21.6. The van der Waals surface area contributed by atoms with E-state index in [1.807, 2.05) is 66.5 Å². The normalized spacial score (nSPS) is 14.6. The van der Waals surface area contributed by atoms with Crippen LogP contribution in [0.15, 0.2) is 84.9 Å². The third-order valence-corrected chi connectivity index (χ3v) is 5.96. The van der Waals surface area contributed by atoms with Gasteiger partial charge in [-0.3, -0.25) is 9.69 Å². The summed E-state index contributed by atoms with van der Waals surface area (Å²) in [6, 6.07) is 27.7. The number of rotatable bonds is 6. The van der Waals surface area contributed by atoms with Crippen molar-refractivity contribution in [1.82, 2.24) is 9.80 Å². The van der Waals surface area contributed by atoms with E-state index in [0.717, 1.165) is 43.0 Å². The van der Waals surface area contributed by atoms with Gasteiger partial charge >= 0.3 is 0 Å². The van der Waals surface area contributed by atoms with E-state index in [1.165, 1.54) is 0 Å². The minimum absolute atomic E-state index is 0.105. The van der Waals surface area contributed by atoms with Gasteiger partial charge in [0.1, 0.15) is 5.75 Å². The van der Waals surface area contributed by atoms with Crippen molar-refractivity contribution >= 4 is 11.6 Å². The number of carbonyl (C=O) groups is 1. The van der Waals surface area contributed by atoms with Crippen LogP contribution in [0.1, 0.15) is 17.2 Å². The molecule has 0 saturated carbocycles. The van der Waals surface area contributed by atoms with Crippen molar-refractivity contribution in [3.8, 4) is 5.75 Å². The molecule has 4 rings (SSSR count). The number of phenolic OH excluding ortho intramolecular Hbond substituents is 1. The Morgan fingerprint density at radius 1 is 0.839 bits per heavy atom. The fourth-order valence-electron chi connectivity index (χ4n) is 4.24. The fraction of sp³-hybridized carbons (Fsp3) is 0.269. The first kappa shape index (κ1) is 20.9. The van der Waals surface area contributed by atoms with Crippen LogP contribution in [0, 0.1) is 0 Å². The lowest BCUT2D eigenvalue weighted by Gasteiger charge is -2.37. The van der Waals surface area contributed by atoms with Crippen LogP contribution in [0.25, 0.3) is 0 Å². The Morgan fingerprint density at radius 3 is 1.90 bits per heavy atom. The number of anilines is 1. The highest BCUT2D eigenvalue weighted by Gasteiger charge is 2.26. The first-order valence-electron chi connectivity index (χ1n) is 10.7. The Hall–Kier alpha value is -3.31. The van der Waals surface area contributed by atoms with Crippen LogP contribution >= 0.6 is 0 Å². The summed E-state index contributed by atoms with van der Waals surface area (Å²) < 4.78 is 0. The number of carbonyl (C=O) groups excluding carboxylic acids is 1. The molecular weight excluding hydrogens is 386 g/mol. The highest BCUT2D eigenvalue weighted by atomic mass is 16.3. The summed E-state index contributed by atoms with van der Waals surface area (Å²) in [7, 11) is 1.89. The van der Waals surface area contributed by atoms with Crippen LogP contribution in [0.5, 0.6) is 5.75 Å². The largest absolute Gasteiger partial charge is 0.506 e. The topological polar surface area (TPSA) is 47.0 Å². The maximum atomic E-state index is 13.2. The van der Waals surface area contributed by atoms with Gasteiger partial charge in [-0.25, -0.2) is 0 Å². The van der Waals surface area contributed by atoms with Crippen molar-refractivity contribution in [2.75, 3.05) is 44.7 Å². The number of aromatic hydroxyl groups is 1. The molecule has 5 heteroatoms. The number of benzene rings is 3. The quantitative estimate of drug-likeness (QED) is 0.666. The van der Waals surface area contributed by atoms with Crippen LogP contribution in [0.4, 0.5) is 5.69 Å². The van der Waals surface area contributed by atoms with Crippen molar-refractivity contribution in [3.05, 3.63) is 96.1 Å². The number of hydrogen-bond donors (Lipinski definition) is 1. The van der Waals surface area contributed by atoms with Crippen molar-refractivity contribution in [1.29, 1.82) is 0 Å². The SMILES string of the molecule is CN(C(=O)CN1CCN(c2ccccc2O)CC1)C(c1ccccc1)c1ccccc1. The molecule has 3 aromatic carbocycles. The maximum absolute atomic E-state index is 13.2. The Morgan fingerprint density at radius 2 is 1.35 bits per heavy atom. The average molecular weight is 416 g/mol.